The van der Waals surface area contributed by atoms with Crippen LogP contribution in [0.15, 0.2) is 40.2 Å². The number of rotatable bonds is 12. The number of aliphatic hydroxyl groups is 1. The van der Waals surface area contributed by atoms with E-state index < -0.39 is 40.2 Å². The van der Waals surface area contributed by atoms with Crippen LogP contribution in [-0.4, -0.2) is 60.5 Å². The number of aryl methyl sites for hydroxylation is 1. The normalized spacial score (nSPS) is 13.1. The second kappa shape index (κ2) is 12.6. The molecule has 1 amide bonds. The number of hydrogen-bond donors (Lipinski definition) is 2. The van der Waals surface area contributed by atoms with Gasteiger partial charge in [0.1, 0.15) is 33.0 Å². The van der Waals surface area contributed by atoms with Crippen molar-refractivity contribution in [1.82, 2.24) is 29.4 Å². The number of thiophene rings is 1. The van der Waals surface area contributed by atoms with Crippen LogP contribution in [0.25, 0.3) is 15.2 Å². The molecule has 2 N–H and O–H groups in total. The fourth-order valence-corrected chi connectivity index (χ4v) is 6.07. The summed E-state index contributed by atoms with van der Waals surface area (Å²) in [7, 11) is 1.44. The predicted molar refractivity (Wildman–Crippen MR) is 165 cm³/mol. The zero-order chi connectivity index (χ0) is 32.6. The Morgan fingerprint density at radius 3 is 2.41 bits per heavy atom. The van der Waals surface area contributed by atoms with E-state index in [9.17, 15) is 23.9 Å². The van der Waals surface area contributed by atoms with Gasteiger partial charge in [0.25, 0.3) is 5.56 Å². The first-order chi connectivity index (χ1) is 20.6. The molecule has 12 nitrogen and oxygen atoms in total. The number of amides is 1. The molecule has 4 rings (SSSR count). The first kappa shape index (κ1) is 33.0. The SMILES string of the molecule is COc1ccc(F)cc1[C@H](Cn1c(=O)n(C(C)(C)C(=O)NC(C)C)c(=O)c2c(C)c(-n3nccn3)sc21)OCCC(C)(C)O. The first-order valence-electron chi connectivity index (χ1n) is 14.2. The Kier molecular flexibility index (Phi) is 9.47. The Balaban J connectivity index is 2.01. The molecule has 3 aromatic heterocycles. The van der Waals surface area contributed by atoms with E-state index >= 15 is 0 Å². The molecule has 1 aromatic carbocycles. The molecule has 0 aliphatic carbocycles. The molecule has 0 aliphatic heterocycles. The summed E-state index contributed by atoms with van der Waals surface area (Å²) in [6.45, 7) is 11.5. The summed E-state index contributed by atoms with van der Waals surface area (Å²) < 4.78 is 28.6. The van der Waals surface area contributed by atoms with Crippen LogP contribution in [0.5, 0.6) is 5.75 Å². The Labute approximate surface area is 258 Å². The topological polar surface area (TPSA) is 142 Å². The Morgan fingerprint density at radius 1 is 1.16 bits per heavy atom. The lowest BCUT2D eigenvalue weighted by molar-refractivity contribution is -0.129. The van der Waals surface area contributed by atoms with Crippen LogP contribution in [0.2, 0.25) is 0 Å². The van der Waals surface area contributed by atoms with Crippen LogP contribution in [0.4, 0.5) is 4.39 Å². The van der Waals surface area contributed by atoms with Crippen LogP contribution in [0.3, 0.4) is 0 Å². The lowest BCUT2D eigenvalue weighted by Gasteiger charge is -2.29. The van der Waals surface area contributed by atoms with E-state index in [1.807, 2.05) is 0 Å². The second-order valence-corrected chi connectivity index (χ2v) is 13.0. The number of carbonyl (C=O) groups is 1. The summed E-state index contributed by atoms with van der Waals surface area (Å²) in [6, 6.07) is 3.75. The fourth-order valence-electron chi connectivity index (χ4n) is 4.85. The Morgan fingerprint density at radius 2 is 1.82 bits per heavy atom. The molecule has 4 aromatic rings. The van der Waals surface area contributed by atoms with Crippen molar-refractivity contribution in [3.63, 3.8) is 0 Å². The van der Waals surface area contributed by atoms with E-state index in [-0.39, 0.29) is 31.0 Å². The van der Waals surface area contributed by atoms with Crippen molar-refractivity contribution in [3.05, 3.63) is 68.4 Å². The Hall–Kier alpha value is -3.88. The number of hydrogen-bond acceptors (Lipinski definition) is 9. The van der Waals surface area contributed by atoms with E-state index in [1.54, 1.807) is 34.6 Å². The number of aromatic nitrogens is 5. The van der Waals surface area contributed by atoms with Crippen LogP contribution in [-0.2, 0) is 21.6 Å². The second-order valence-electron chi connectivity index (χ2n) is 12.1. The molecule has 238 valence electrons. The van der Waals surface area contributed by atoms with E-state index in [1.165, 1.54) is 60.9 Å². The van der Waals surface area contributed by atoms with Crippen molar-refractivity contribution in [2.75, 3.05) is 13.7 Å². The van der Waals surface area contributed by atoms with Crippen LogP contribution >= 0.6 is 11.3 Å². The highest BCUT2D eigenvalue weighted by Gasteiger charge is 2.36. The minimum Gasteiger partial charge on any atom is -0.496 e. The molecule has 0 saturated heterocycles. The minimum absolute atomic E-state index is 0.0690. The molecular weight excluding hydrogens is 591 g/mol. The average Bonchev–Trinajstić information content (AvgIpc) is 3.57. The summed E-state index contributed by atoms with van der Waals surface area (Å²) in [5.74, 6) is -0.716. The highest BCUT2D eigenvalue weighted by atomic mass is 32.1. The van der Waals surface area contributed by atoms with Crippen molar-refractivity contribution < 1.29 is 23.8 Å². The summed E-state index contributed by atoms with van der Waals surface area (Å²) >= 11 is 1.14. The molecule has 0 aliphatic rings. The maximum atomic E-state index is 14.6. The summed E-state index contributed by atoms with van der Waals surface area (Å²) in [5, 5.41) is 22.3. The van der Waals surface area contributed by atoms with Crippen LogP contribution < -0.4 is 21.3 Å². The van der Waals surface area contributed by atoms with Gasteiger partial charge < -0.3 is 19.9 Å². The highest BCUT2D eigenvalue weighted by molar-refractivity contribution is 7.21. The highest BCUT2D eigenvalue weighted by Crippen LogP contribution is 2.34. The van der Waals surface area contributed by atoms with Gasteiger partial charge in [0.15, 0.2) is 0 Å². The van der Waals surface area contributed by atoms with Crippen molar-refractivity contribution in [1.29, 1.82) is 0 Å². The van der Waals surface area contributed by atoms with Gasteiger partial charge in [0.2, 0.25) is 5.91 Å². The Bertz CT molecular complexity index is 1770. The molecular formula is C30H39FN6O6S. The van der Waals surface area contributed by atoms with Gasteiger partial charge in [-0.25, -0.2) is 13.8 Å². The summed E-state index contributed by atoms with van der Waals surface area (Å²) in [4.78, 5) is 43.5. The summed E-state index contributed by atoms with van der Waals surface area (Å²) in [6.07, 6.45) is 2.30. The monoisotopic (exact) mass is 630 g/mol. The van der Waals surface area contributed by atoms with Gasteiger partial charge in [-0.05, 0) is 73.1 Å². The lowest BCUT2D eigenvalue weighted by Crippen LogP contribution is -2.56. The number of ether oxygens (including phenoxy) is 2. The standard InChI is InChI=1S/C30H39FN6O6S/c1-17(2)34-27(39)30(6,7)36-24(38)23-18(3)25(37-32-12-13-33-37)44-26(23)35(28(36)40)16-22(43-14-11-29(4,5)41)20-15-19(31)9-10-21(20)42-8/h9-10,12-13,15,17,22,41H,11,14,16H2,1-8H3,(H,34,39)/t22-/m0/s1. The smallest absolute Gasteiger partial charge is 0.333 e. The predicted octanol–water partition coefficient (Wildman–Crippen LogP) is 3.44. The third-order valence-electron chi connectivity index (χ3n) is 7.24. The number of methoxy groups -OCH3 is 1. The van der Waals surface area contributed by atoms with Gasteiger partial charge in [-0.2, -0.15) is 10.2 Å². The molecule has 0 unspecified atom stereocenters. The zero-order valence-corrected chi connectivity index (χ0v) is 27.0. The van der Waals surface area contributed by atoms with Gasteiger partial charge in [-0.1, -0.05) is 11.3 Å². The minimum atomic E-state index is -1.58. The quantitative estimate of drug-likeness (QED) is 0.243. The van der Waals surface area contributed by atoms with Gasteiger partial charge in [0.05, 0.1) is 43.6 Å². The van der Waals surface area contributed by atoms with Crippen LogP contribution in [0.1, 0.15) is 65.2 Å². The fraction of sp³-hybridized carbons (Fsp3) is 0.500. The van der Waals surface area contributed by atoms with Gasteiger partial charge >= 0.3 is 5.69 Å². The molecule has 3 heterocycles. The van der Waals surface area contributed by atoms with Crippen molar-refractivity contribution in [2.24, 2.45) is 0 Å². The number of carbonyl (C=O) groups excluding carboxylic acids is 1. The van der Waals surface area contributed by atoms with Gasteiger partial charge in [-0.15, -0.1) is 4.80 Å². The van der Waals surface area contributed by atoms with Gasteiger partial charge in [-0.3, -0.25) is 14.2 Å². The maximum absolute atomic E-state index is 14.6. The number of nitrogens with one attached hydrogen (secondary N) is 1. The molecule has 44 heavy (non-hydrogen) atoms. The number of nitrogens with zero attached hydrogens (tertiary/aromatic N) is 5. The number of fused-ring (bicyclic) bond motifs is 1. The van der Waals surface area contributed by atoms with E-state index in [0.717, 1.165) is 15.9 Å². The average molecular weight is 631 g/mol. The number of benzene rings is 1. The summed E-state index contributed by atoms with van der Waals surface area (Å²) in [5.41, 5.74) is -3.16. The van der Waals surface area contributed by atoms with E-state index in [0.29, 0.717) is 26.7 Å². The molecule has 0 saturated carbocycles. The molecule has 1 atom stereocenters. The first-order valence-corrected chi connectivity index (χ1v) is 15.0. The van der Waals surface area contributed by atoms with E-state index in [4.69, 9.17) is 9.47 Å². The molecule has 0 fully saturated rings. The largest absolute Gasteiger partial charge is 0.496 e. The zero-order valence-electron chi connectivity index (χ0n) is 26.2. The van der Waals surface area contributed by atoms with Crippen molar-refractivity contribution in [2.45, 2.75) is 84.7 Å². The molecule has 0 bridgehead atoms. The molecule has 14 heteroatoms. The lowest BCUT2D eigenvalue weighted by atomic mass is 10.0. The third-order valence-corrected chi connectivity index (χ3v) is 8.52. The van der Waals surface area contributed by atoms with Crippen molar-refractivity contribution in [3.8, 4) is 10.8 Å². The van der Waals surface area contributed by atoms with Crippen molar-refractivity contribution >= 4 is 27.5 Å². The maximum Gasteiger partial charge on any atom is 0.333 e. The third kappa shape index (κ3) is 6.61. The molecule has 0 spiro atoms. The van der Waals surface area contributed by atoms with Gasteiger partial charge in [0, 0.05) is 17.2 Å². The molecule has 0 radical (unpaired) electrons. The van der Waals surface area contributed by atoms with E-state index in [2.05, 4.69) is 15.5 Å². The van der Waals surface area contributed by atoms with Crippen LogP contribution in [0, 0.1) is 12.7 Å². The number of halogens is 1.